The van der Waals surface area contributed by atoms with Crippen molar-refractivity contribution in [2.75, 3.05) is 26.7 Å². The van der Waals surface area contributed by atoms with E-state index in [1.54, 1.807) is 0 Å². The van der Waals surface area contributed by atoms with Crippen molar-refractivity contribution in [3.63, 3.8) is 0 Å². The van der Waals surface area contributed by atoms with E-state index < -0.39 is 0 Å². The fourth-order valence-electron chi connectivity index (χ4n) is 1.87. The van der Waals surface area contributed by atoms with E-state index in [9.17, 15) is 0 Å². The van der Waals surface area contributed by atoms with E-state index in [0.29, 0.717) is 5.54 Å². The van der Waals surface area contributed by atoms with Gasteiger partial charge in [-0.05, 0) is 53.2 Å². The summed E-state index contributed by atoms with van der Waals surface area (Å²) in [4.78, 5) is 2.55. The number of nitrogens with zero attached hydrogens (tertiary/aromatic N) is 1. The van der Waals surface area contributed by atoms with Crippen LogP contribution in [-0.4, -0.2) is 37.1 Å². The first-order valence-electron chi connectivity index (χ1n) is 5.61. The molecule has 1 aliphatic rings. The molecule has 2 heteroatoms. The molecule has 2 nitrogen and oxygen atoms in total. The molecule has 1 heterocycles. The van der Waals surface area contributed by atoms with Gasteiger partial charge in [0.2, 0.25) is 0 Å². The van der Waals surface area contributed by atoms with Crippen LogP contribution in [0.5, 0.6) is 0 Å². The highest BCUT2D eigenvalue weighted by atomic mass is 15.1. The summed E-state index contributed by atoms with van der Waals surface area (Å²) in [5.74, 6) is 0. The molecule has 0 aromatic heterocycles. The molecule has 0 bridgehead atoms. The quantitative estimate of drug-likeness (QED) is 0.692. The van der Waals surface area contributed by atoms with Gasteiger partial charge in [-0.15, -0.1) is 6.58 Å². The summed E-state index contributed by atoms with van der Waals surface area (Å²) in [5.41, 5.74) is 1.67. The van der Waals surface area contributed by atoms with E-state index in [4.69, 9.17) is 0 Å². The molecule has 0 aliphatic carbocycles. The molecule has 14 heavy (non-hydrogen) atoms. The molecular formula is C12H24N2. The molecule has 0 unspecified atom stereocenters. The fraction of sp³-hybridized carbons (Fsp3) is 0.833. The van der Waals surface area contributed by atoms with Crippen molar-refractivity contribution >= 4 is 0 Å². The van der Waals surface area contributed by atoms with Crippen LogP contribution in [0, 0.1) is 0 Å². The van der Waals surface area contributed by atoms with Gasteiger partial charge in [0.05, 0.1) is 0 Å². The summed E-state index contributed by atoms with van der Waals surface area (Å²) in [6, 6.07) is 0. The minimum atomic E-state index is 0.375. The Labute approximate surface area is 88.4 Å². The zero-order valence-corrected chi connectivity index (χ0v) is 9.90. The molecule has 0 radical (unpaired) electrons. The van der Waals surface area contributed by atoms with Crippen LogP contribution in [-0.2, 0) is 0 Å². The van der Waals surface area contributed by atoms with Crippen LogP contribution < -0.4 is 5.32 Å². The highest BCUT2D eigenvalue weighted by Crippen LogP contribution is 2.21. The number of hydrogen-bond donors (Lipinski definition) is 1. The van der Waals surface area contributed by atoms with Crippen LogP contribution in [0.3, 0.4) is 0 Å². The van der Waals surface area contributed by atoms with Gasteiger partial charge in [0.1, 0.15) is 0 Å². The smallest absolute Gasteiger partial charge is 0.0174 e. The van der Waals surface area contributed by atoms with Gasteiger partial charge in [-0.3, -0.25) is 0 Å². The second-order valence-electron chi connectivity index (χ2n) is 4.86. The predicted molar refractivity (Wildman–Crippen MR) is 62.6 cm³/mol. The molecule has 0 spiro atoms. The van der Waals surface area contributed by atoms with Gasteiger partial charge in [-0.25, -0.2) is 0 Å². The number of likely N-dealkylation sites (tertiary alicyclic amines) is 1. The van der Waals surface area contributed by atoms with Crippen LogP contribution in [0.15, 0.2) is 12.2 Å². The Kier molecular flexibility index (Phi) is 4.14. The van der Waals surface area contributed by atoms with E-state index in [1.807, 2.05) is 0 Å². The molecule has 0 saturated carbocycles. The molecule has 1 N–H and O–H groups in total. The maximum Gasteiger partial charge on any atom is 0.0174 e. The summed E-state index contributed by atoms with van der Waals surface area (Å²) in [7, 11) is 2.07. The molecule has 1 saturated heterocycles. The Hall–Kier alpha value is -0.340. The lowest BCUT2D eigenvalue weighted by Gasteiger charge is -2.39. The van der Waals surface area contributed by atoms with Gasteiger partial charge in [-0.1, -0.05) is 5.57 Å². The summed E-state index contributed by atoms with van der Waals surface area (Å²) in [5, 5.41) is 3.42. The Morgan fingerprint density at radius 1 is 1.43 bits per heavy atom. The Bertz CT molecular complexity index is 190. The Morgan fingerprint density at radius 3 is 2.43 bits per heavy atom. The highest BCUT2D eigenvalue weighted by molar-refractivity contribution is 4.92. The minimum Gasteiger partial charge on any atom is -0.314 e. The molecule has 82 valence electrons. The van der Waals surface area contributed by atoms with Crippen molar-refractivity contribution in [1.29, 1.82) is 0 Å². The van der Waals surface area contributed by atoms with Crippen LogP contribution in [0.25, 0.3) is 0 Å². The van der Waals surface area contributed by atoms with E-state index in [0.717, 1.165) is 6.42 Å². The van der Waals surface area contributed by atoms with Gasteiger partial charge >= 0.3 is 0 Å². The maximum atomic E-state index is 3.95. The molecular weight excluding hydrogens is 172 g/mol. The number of piperidine rings is 1. The average Bonchev–Trinajstić information content (AvgIpc) is 2.17. The first kappa shape index (κ1) is 11.7. The Balaban J connectivity index is 2.25. The van der Waals surface area contributed by atoms with Crippen LogP contribution >= 0.6 is 0 Å². The third-order valence-electron chi connectivity index (χ3n) is 3.42. The van der Waals surface area contributed by atoms with Gasteiger partial charge in [0.25, 0.3) is 0 Å². The van der Waals surface area contributed by atoms with Crippen molar-refractivity contribution in [1.82, 2.24) is 10.2 Å². The lowest BCUT2D eigenvalue weighted by molar-refractivity contribution is 0.153. The van der Waals surface area contributed by atoms with E-state index in [-0.39, 0.29) is 0 Å². The summed E-state index contributed by atoms with van der Waals surface area (Å²) < 4.78 is 0. The molecule has 1 rings (SSSR count). The largest absolute Gasteiger partial charge is 0.314 e. The van der Waals surface area contributed by atoms with Crippen molar-refractivity contribution in [2.45, 2.75) is 38.6 Å². The lowest BCUT2D eigenvalue weighted by Crippen LogP contribution is -2.50. The van der Waals surface area contributed by atoms with Gasteiger partial charge in [0, 0.05) is 12.1 Å². The average molecular weight is 196 g/mol. The standard InChI is InChI=1S/C12H24N2/c1-11(2)5-8-14-9-6-12(3,13-4)7-10-14/h13H,1,5-10H2,2-4H3. The van der Waals surface area contributed by atoms with Gasteiger partial charge in [0.15, 0.2) is 0 Å². The van der Waals surface area contributed by atoms with E-state index in [1.165, 1.54) is 38.0 Å². The number of nitrogens with one attached hydrogen (secondary N) is 1. The number of hydrogen-bond acceptors (Lipinski definition) is 2. The summed E-state index contributed by atoms with van der Waals surface area (Å²) >= 11 is 0. The molecule has 1 fully saturated rings. The van der Waals surface area contributed by atoms with Gasteiger partial charge < -0.3 is 10.2 Å². The van der Waals surface area contributed by atoms with Crippen molar-refractivity contribution in [2.24, 2.45) is 0 Å². The monoisotopic (exact) mass is 196 g/mol. The minimum absolute atomic E-state index is 0.375. The van der Waals surface area contributed by atoms with Crippen molar-refractivity contribution < 1.29 is 0 Å². The highest BCUT2D eigenvalue weighted by Gasteiger charge is 2.27. The SMILES string of the molecule is C=C(C)CCN1CCC(C)(NC)CC1. The zero-order chi connectivity index (χ0) is 10.6. The summed E-state index contributed by atoms with van der Waals surface area (Å²) in [6.45, 7) is 12.0. The molecule has 0 amide bonds. The maximum absolute atomic E-state index is 3.95. The number of rotatable bonds is 4. The topological polar surface area (TPSA) is 15.3 Å². The molecule has 0 aromatic rings. The van der Waals surface area contributed by atoms with E-state index in [2.05, 4.69) is 37.7 Å². The second kappa shape index (κ2) is 4.94. The first-order chi connectivity index (χ1) is 6.56. The first-order valence-corrected chi connectivity index (χ1v) is 5.61. The third-order valence-corrected chi connectivity index (χ3v) is 3.42. The third kappa shape index (κ3) is 3.43. The fourth-order valence-corrected chi connectivity index (χ4v) is 1.87. The van der Waals surface area contributed by atoms with Gasteiger partial charge in [-0.2, -0.15) is 0 Å². The van der Waals surface area contributed by atoms with Crippen molar-refractivity contribution in [3.05, 3.63) is 12.2 Å². The molecule has 0 aromatic carbocycles. The van der Waals surface area contributed by atoms with Crippen molar-refractivity contribution in [3.8, 4) is 0 Å². The van der Waals surface area contributed by atoms with E-state index >= 15 is 0 Å². The second-order valence-corrected chi connectivity index (χ2v) is 4.86. The predicted octanol–water partition coefficient (Wildman–Crippen LogP) is 2.03. The lowest BCUT2D eigenvalue weighted by atomic mass is 9.90. The Morgan fingerprint density at radius 2 is 2.00 bits per heavy atom. The zero-order valence-electron chi connectivity index (χ0n) is 9.90. The van der Waals surface area contributed by atoms with Crippen LogP contribution in [0.2, 0.25) is 0 Å². The molecule has 1 aliphatic heterocycles. The van der Waals surface area contributed by atoms with Crippen LogP contribution in [0.1, 0.15) is 33.1 Å². The normalized spacial score (nSPS) is 22.2. The van der Waals surface area contributed by atoms with Crippen LogP contribution in [0.4, 0.5) is 0 Å². The summed E-state index contributed by atoms with van der Waals surface area (Å²) in [6.07, 6.45) is 3.68. The molecule has 0 atom stereocenters.